The molecule has 1 aliphatic rings. The van der Waals surface area contributed by atoms with Crippen LogP contribution in [0.25, 0.3) is 0 Å². The maximum Gasteiger partial charge on any atom is 0.243 e. The lowest BCUT2D eigenvalue weighted by Gasteiger charge is -2.29. The maximum atomic E-state index is 12.7. The minimum atomic E-state index is -3.50. The normalized spacial score (nSPS) is 15.7. The number of sulfonamides is 1. The summed E-state index contributed by atoms with van der Waals surface area (Å²) in [6.07, 6.45) is 0.688. The van der Waals surface area contributed by atoms with Crippen LogP contribution in [0.4, 0.5) is 5.69 Å². The highest BCUT2D eigenvalue weighted by Gasteiger charge is 2.29. The van der Waals surface area contributed by atoms with Crippen LogP contribution in [0.1, 0.15) is 11.1 Å². The lowest BCUT2D eigenvalue weighted by molar-refractivity contribution is 0.392. The zero-order chi connectivity index (χ0) is 15.0. The largest absolute Gasteiger partial charge is 0.398 e. The van der Waals surface area contributed by atoms with Crippen LogP contribution in [0.2, 0.25) is 0 Å². The second-order valence-corrected chi connectivity index (χ2v) is 7.88. The molecule has 0 bridgehead atoms. The number of nitrogen functional groups attached to an aromatic ring is 1. The van der Waals surface area contributed by atoms with E-state index in [0.29, 0.717) is 30.1 Å². The van der Waals surface area contributed by atoms with Crippen LogP contribution < -0.4 is 5.73 Å². The van der Waals surface area contributed by atoms with Gasteiger partial charge in [0, 0.05) is 23.2 Å². The summed E-state index contributed by atoms with van der Waals surface area (Å²) in [7, 11) is -3.50. The Balaban J connectivity index is 1.97. The first-order valence-electron chi connectivity index (χ1n) is 6.60. The quantitative estimate of drug-likeness (QED) is 0.831. The number of fused-ring (bicyclic) bond motifs is 1. The summed E-state index contributed by atoms with van der Waals surface area (Å²) in [5.41, 5.74) is 8.69. The number of rotatable bonds is 2. The van der Waals surface area contributed by atoms with Crippen molar-refractivity contribution in [3.8, 4) is 0 Å². The van der Waals surface area contributed by atoms with Gasteiger partial charge >= 0.3 is 0 Å². The molecule has 0 radical (unpaired) electrons. The van der Waals surface area contributed by atoms with Gasteiger partial charge in [-0.25, -0.2) is 8.42 Å². The Morgan fingerprint density at radius 3 is 2.67 bits per heavy atom. The summed E-state index contributed by atoms with van der Waals surface area (Å²) in [5, 5.41) is 0. The Morgan fingerprint density at radius 1 is 1.14 bits per heavy atom. The fraction of sp³-hybridized carbons (Fsp3) is 0.200. The van der Waals surface area contributed by atoms with Gasteiger partial charge in [-0.15, -0.1) is 0 Å². The molecule has 0 spiro atoms. The minimum Gasteiger partial charge on any atom is -0.398 e. The van der Waals surface area contributed by atoms with Crippen molar-refractivity contribution in [1.82, 2.24) is 4.31 Å². The molecule has 0 saturated heterocycles. The highest BCUT2D eigenvalue weighted by atomic mass is 79.9. The van der Waals surface area contributed by atoms with Gasteiger partial charge in [-0.2, -0.15) is 4.31 Å². The lowest BCUT2D eigenvalue weighted by atomic mass is 10.00. The van der Waals surface area contributed by atoms with E-state index in [1.807, 2.05) is 24.3 Å². The standard InChI is InChI=1S/C15H15BrN2O2S/c16-12-4-2-5-13(9-12)21(19,20)18-8-7-11-3-1-6-15(17)14(11)10-18/h1-6,9H,7-8,10,17H2. The van der Waals surface area contributed by atoms with Gasteiger partial charge in [0.2, 0.25) is 10.0 Å². The van der Waals surface area contributed by atoms with E-state index in [4.69, 9.17) is 5.73 Å². The molecule has 0 fully saturated rings. The van der Waals surface area contributed by atoms with E-state index < -0.39 is 10.0 Å². The fourth-order valence-corrected chi connectivity index (χ4v) is 4.57. The predicted molar refractivity (Wildman–Crippen MR) is 86.3 cm³/mol. The number of halogens is 1. The molecule has 2 aromatic rings. The highest BCUT2D eigenvalue weighted by Crippen LogP contribution is 2.29. The van der Waals surface area contributed by atoms with Crippen molar-refractivity contribution in [3.63, 3.8) is 0 Å². The topological polar surface area (TPSA) is 63.4 Å². The van der Waals surface area contributed by atoms with Gasteiger partial charge in [0.05, 0.1) is 4.90 Å². The highest BCUT2D eigenvalue weighted by molar-refractivity contribution is 9.10. The van der Waals surface area contributed by atoms with Gasteiger partial charge in [-0.05, 0) is 41.8 Å². The fourth-order valence-electron chi connectivity index (χ4n) is 2.56. The van der Waals surface area contributed by atoms with Crippen LogP contribution >= 0.6 is 15.9 Å². The van der Waals surface area contributed by atoms with Crippen LogP contribution in [0, 0.1) is 0 Å². The molecule has 2 aromatic carbocycles. The van der Waals surface area contributed by atoms with Gasteiger partial charge in [0.1, 0.15) is 0 Å². The monoisotopic (exact) mass is 366 g/mol. The molecule has 0 atom stereocenters. The molecule has 0 aliphatic carbocycles. The van der Waals surface area contributed by atoms with Crippen LogP contribution in [0.3, 0.4) is 0 Å². The molecule has 3 rings (SSSR count). The number of nitrogens with zero attached hydrogens (tertiary/aromatic N) is 1. The number of nitrogens with two attached hydrogens (primary N) is 1. The van der Waals surface area contributed by atoms with Crippen molar-refractivity contribution in [2.75, 3.05) is 12.3 Å². The summed E-state index contributed by atoms with van der Waals surface area (Å²) in [5.74, 6) is 0. The number of hydrogen-bond donors (Lipinski definition) is 1. The molecule has 2 N–H and O–H groups in total. The average Bonchev–Trinajstić information content (AvgIpc) is 2.47. The van der Waals surface area contributed by atoms with Gasteiger partial charge in [0.15, 0.2) is 0 Å². The van der Waals surface area contributed by atoms with Crippen molar-refractivity contribution in [3.05, 3.63) is 58.1 Å². The van der Waals surface area contributed by atoms with Crippen LogP contribution in [0.15, 0.2) is 51.8 Å². The third-order valence-electron chi connectivity index (χ3n) is 3.71. The summed E-state index contributed by atoms with van der Waals surface area (Å²) in [6, 6.07) is 12.5. The van der Waals surface area contributed by atoms with E-state index in [2.05, 4.69) is 15.9 Å². The summed E-state index contributed by atoms with van der Waals surface area (Å²) >= 11 is 3.31. The van der Waals surface area contributed by atoms with E-state index in [0.717, 1.165) is 15.6 Å². The smallest absolute Gasteiger partial charge is 0.243 e. The van der Waals surface area contributed by atoms with E-state index in [1.54, 1.807) is 18.2 Å². The van der Waals surface area contributed by atoms with Gasteiger partial charge in [-0.3, -0.25) is 0 Å². The molecule has 0 unspecified atom stereocenters. The number of anilines is 1. The van der Waals surface area contributed by atoms with E-state index >= 15 is 0 Å². The lowest BCUT2D eigenvalue weighted by Crippen LogP contribution is -2.36. The second-order valence-electron chi connectivity index (χ2n) is 5.03. The number of benzene rings is 2. The predicted octanol–water partition coefficient (Wildman–Crippen LogP) is 2.78. The zero-order valence-corrected chi connectivity index (χ0v) is 13.7. The van der Waals surface area contributed by atoms with Crippen molar-refractivity contribution < 1.29 is 8.42 Å². The summed E-state index contributed by atoms with van der Waals surface area (Å²) in [4.78, 5) is 0.301. The second kappa shape index (κ2) is 5.44. The third-order valence-corrected chi connectivity index (χ3v) is 6.04. The molecule has 1 aliphatic heterocycles. The van der Waals surface area contributed by atoms with Crippen LogP contribution in [0.5, 0.6) is 0 Å². The van der Waals surface area contributed by atoms with Crippen molar-refractivity contribution in [1.29, 1.82) is 0 Å². The van der Waals surface area contributed by atoms with E-state index in [-0.39, 0.29) is 0 Å². The molecule has 6 heteroatoms. The molecule has 21 heavy (non-hydrogen) atoms. The molecule has 0 aromatic heterocycles. The first-order valence-corrected chi connectivity index (χ1v) is 8.84. The first kappa shape index (κ1) is 14.6. The molecule has 1 heterocycles. The average molecular weight is 367 g/mol. The van der Waals surface area contributed by atoms with E-state index in [9.17, 15) is 8.42 Å². The molecule has 0 saturated carbocycles. The summed E-state index contributed by atoms with van der Waals surface area (Å²) in [6.45, 7) is 0.808. The van der Waals surface area contributed by atoms with Gasteiger partial charge in [-0.1, -0.05) is 34.1 Å². The molecular weight excluding hydrogens is 352 g/mol. The van der Waals surface area contributed by atoms with Crippen molar-refractivity contribution >= 4 is 31.6 Å². The Kier molecular flexibility index (Phi) is 3.77. The van der Waals surface area contributed by atoms with Crippen LogP contribution in [-0.2, 0) is 23.0 Å². The SMILES string of the molecule is Nc1cccc2c1CN(S(=O)(=O)c1cccc(Br)c1)CC2. The molecular formula is C15H15BrN2O2S. The van der Waals surface area contributed by atoms with Crippen molar-refractivity contribution in [2.45, 2.75) is 17.9 Å². The minimum absolute atomic E-state index is 0.301. The van der Waals surface area contributed by atoms with E-state index in [1.165, 1.54) is 4.31 Å². The zero-order valence-electron chi connectivity index (χ0n) is 11.3. The summed E-state index contributed by atoms with van der Waals surface area (Å²) < 4.78 is 27.7. The Labute approximate surface area is 132 Å². The molecule has 4 nitrogen and oxygen atoms in total. The Morgan fingerprint density at radius 2 is 1.90 bits per heavy atom. The molecule has 0 amide bonds. The van der Waals surface area contributed by atoms with Gasteiger partial charge in [0.25, 0.3) is 0 Å². The van der Waals surface area contributed by atoms with Crippen molar-refractivity contribution in [2.24, 2.45) is 0 Å². The Hall–Kier alpha value is -1.37. The molecule has 110 valence electrons. The first-order chi connectivity index (χ1) is 9.98. The van der Waals surface area contributed by atoms with Crippen LogP contribution in [-0.4, -0.2) is 19.3 Å². The third kappa shape index (κ3) is 2.71. The maximum absolute atomic E-state index is 12.7. The number of hydrogen-bond acceptors (Lipinski definition) is 3. The van der Waals surface area contributed by atoms with Gasteiger partial charge < -0.3 is 5.73 Å². The Bertz CT molecular complexity index is 790.